The lowest BCUT2D eigenvalue weighted by atomic mass is 10.0. The average Bonchev–Trinajstić information content (AvgIpc) is 3.25. The van der Waals surface area contributed by atoms with Crippen molar-refractivity contribution in [1.82, 2.24) is 15.0 Å². The van der Waals surface area contributed by atoms with Crippen molar-refractivity contribution in [3.63, 3.8) is 0 Å². The van der Waals surface area contributed by atoms with Crippen molar-refractivity contribution < 1.29 is 13.9 Å². The van der Waals surface area contributed by atoms with Gasteiger partial charge < -0.3 is 13.9 Å². The van der Waals surface area contributed by atoms with Crippen LogP contribution >= 0.6 is 0 Å². The first kappa shape index (κ1) is 22.6. The third-order valence-corrected chi connectivity index (χ3v) is 5.40. The largest absolute Gasteiger partial charge is 0.493 e. The van der Waals surface area contributed by atoms with Gasteiger partial charge in [-0.1, -0.05) is 43.3 Å². The van der Waals surface area contributed by atoms with Gasteiger partial charge in [0, 0.05) is 6.54 Å². The highest BCUT2D eigenvalue weighted by molar-refractivity contribution is 5.82. The van der Waals surface area contributed by atoms with Gasteiger partial charge in [-0.3, -0.25) is 4.68 Å². The molecule has 33 heavy (non-hydrogen) atoms. The SMILES string of the molecule is Cc1ccc(C(C)C)c(OCc2cn(CCCCOc3cc(=O)oc4ccccc34)nn2)c1. The van der Waals surface area contributed by atoms with Crippen LogP contribution in [0.3, 0.4) is 0 Å². The molecular weight excluding hydrogens is 418 g/mol. The van der Waals surface area contributed by atoms with Gasteiger partial charge in [-0.05, 0) is 55.0 Å². The smallest absolute Gasteiger partial charge is 0.339 e. The summed E-state index contributed by atoms with van der Waals surface area (Å²) in [5.74, 6) is 1.85. The zero-order valence-electron chi connectivity index (χ0n) is 19.3. The number of ether oxygens (including phenoxy) is 2. The average molecular weight is 448 g/mol. The van der Waals surface area contributed by atoms with Crippen LogP contribution in [0.25, 0.3) is 11.0 Å². The molecule has 0 aliphatic rings. The molecule has 7 heteroatoms. The lowest BCUT2D eigenvalue weighted by molar-refractivity contribution is 0.296. The van der Waals surface area contributed by atoms with E-state index in [2.05, 4.69) is 49.3 Å². The zero-order valence-corrected chi connectivity index (χ0v) is 19.3. The first-order valence-electron chi connectivity index (χ1n) is 11.3. The number of hydrogen-bond donors (Lipinski definition) is 0. The second-order valence-corrected chi connectivity index (χ2v) is 8.44. The Kier molecular flexibility index (Phi) is 7.07. The van der Waals surface area contributed by atoms with Crippen molar-refractivity contribution in [3.8, 4) is 11.5 Å². The molecule has 4 aromatic rings. The van der Waals surface area contributed by atoms with Crippen LogP contribution in [0, 0.1) is 6.92 Å². The van der Waals surface area contributed by atoms with Crippen molar-refractivity contribution >= 4 is 11.0 Å². The standard InChI is InChI=1S/C26H29N3O4/c1-18(2)21-11-10-19(3)14-24(21)32-17-20-16-29(28-27-20)12-6-7-13-31-25-15-26(30)33-23-9-5-4-8-22(23)25/h4-5,8-11,14-16,18H,6-7,12-13,17H2,1-3H3. The van der Waals surface area contributed by atoms with Crippen LogP contribution in [0.1, 0.15) is 49.4 Å². The van der Waals surface area contributed by atoms with Crippen LogP contribution < -0.4 is 15.1 Å². The Morgan fingerprint density at radius 3 is 2.73 bits per heavy atom. The molecule has 0 bridgehead atoms. The van der Waals surface area contributed by atoms with E-state index in [4.69, 9.17) is 13.9 Å². The van der Waals surface area contributed by atoms with Crippen LogP contribution in [-0.2, 0) is 13.2 Å². The maximum absolute atomic E-state index is 11.7. The second kappa shape index (κ2) is 10.3. The van der Waals surface area contributed by atoms with Gasteiger partial charge in [0.05, 0.1) is 24.3 Å². The molecule has 0 aliphatic heterocycles. The Labute approximate surface area is 193 Å². The number of benzene rings is 2. The van der Waals surface area contributed by atoms with Crippen molar-refractivity contribution in [1.29, 1.82) is 0 Å². The molecule has 0 aliphatic carbocycles. The minimum absolute atomic E-state index is 0.385. The summed E-state index contributed by atoms with van der Waals surface area (Å²) in [6.45, 7) is 8.00. The van der Waals surface area contributed by atoms with Crippen molar-refractivity contribution in [2.24, 2.45) is 0 Å². The number of aromatic nitrogens is 3. The molecule has 0 saturated heterocycles. The molecule has 0 amide bonds. The zero-order chi connectivity index (χ0) is 23.2. The third kappa shape index (κ3) is 5.80. The first-order chi connectivity index (χ1) is 16.0. The van der Waals surface area contributed by atoms with Gasteiger partial charge in [-0.2, -0.15) is 0 Å². The van der Waals surface area contributed by atoms with Crippen LogP contribution in [0.5, 0.6) is 11.5 Å². The highest BCUT2D eigenvalue weighted by Gasteiger charge is 2.10. The maximum Gasteiger partial charge on any atom is 0.339 e. The van der Waals surface area contributed by atoms with Gasteiger partial charge in [-0.25, -0.2) is 4.79 Å². The number of aryl methyl sites for hydroxylation is 2. The predicted molar refractivity (Wildman–Crippen MR) is 127 cm³/mol. The molecule has 172 valence electrons. The number of rotatable bonds is 10. The minimum atomic E-state index is -0.410. The summed E-state index contributed by atoms with van der Waals surface area (Å²) in [7, 11) is 0. The Balaban J connectivity index is 1.25. The molecule has 0 radical (unpaired) electrons. The maximum atomic E-state index is 11.7. The highest BCUT2D eigenvalue weighted by atomic mass is 16.5. The monoisotopic (exact) mass is 447 g/mol. The normalized spacial score (nSPS) is 11.3. The summed E-state index contributed by atoms with van der Waals surface area (Å²) in [6, 6.07) is 15.1. The lowest BCUT2D eigenvalue weighted by Crippen LogP contribution is -2.05. The quantitative estimate of drug-likeness (QED) is 0.244. The Bertz CT molecular complexity index is 1280. The third-order valence-electron chi connectivity index (χ3n) is 5.40. The van der Waals surface area contributed by atoms with E-state index in [1.165, 1.54) is 17.2 Å². The summed E-state index contributed by atoms with van der Waals surface area (Å²) in [6.07, 6.45) is 3.61. The first-order valence-corrected chi connectivity index (χ1v) is 11.3. The fraction of sp³-hybridized carbons (Fsp3) is 0.346. The van der Waals surface area contributed by atoms with Crippen LogP contribution in [0.15, 0.2) is 63.9 Å². The summed E-state index contributed by atoms with van der Waals surface area (Å²) >= 11 is 0. The lowest BCUT2D eigenvalue weighted by Gasteiger charge is -2.14. The van der Waals surface area contributed by atoms with Gasteiger partial charge >= 0.3 is 5.63 Å². The Morgan fingerprint density at radius 1 is 1.03 bits per heavy atom. The van der Waals surface area contributed by atoms with E-state index in [1.807, 2.05) is 29.1 Å². The summed E-state index contributed by atoms with van der Waals surface area (Å²) in [5.41, 5.74) is 3.28. The fourth-order valence-corrected chi connectivity index (χ4v) is 3.67. The van der Waals surface area contributed by atoms with Gasteiger partial charge in [-0.15, -0.1) is 5.10 Å². The van der Waals surface area contributed by atoms with E-state index in [1.54, 1.807) is 6.07 Å². The van der Waals surface area contributed by atoms with Crippen molar-refractivity contribution in [3.05, 3.63) is 82.0 Å². The van der Waals surface area contributed by atoms with E-state index in [0.29, 0.717) is 30.5 Å². The van der Waals surface area contributed by atoms with Gasteiger partial charge in [0.15, 0.2) is 0 Å². The van der Waals surface area contributed by atoms with Gasteiger partial charge in [0.25, 0.3) is 0 Å². The van der Waals surface area contributed by atoms with Crippen molar-refractivity contribution in [2.45, 2.75) is 52.7 Å². The van der Waals surface area contributed by atoms with E-state index in [9.17, 15) is 4.79 Å². The van der Waals surface area contributed by atoms with E-state index >= 15 is 0 Å². The number of fused-ring (bicyclic) bond motifs is 1. The van der Waals surface area contributed by atoms with Gasteiger partial charge in [0.2, 0.25) is 0 Å². The molecule has 0 unspecified atom stereocenters. The highest BCUT2D eigenvalue weighted by Crippen LogP contribution is 2.28. The minimum Gasteiger partial charge on any atom is -0.493 e. The topological polar surface area (TPSA) is 79.4 Å². The number of para-hydroxylation sites is 1. The molecule has 7 nitrogen and oxygen atoms in total. The molecule has 0 spiro atoms. The molecule has 2 aromatic heterocycles. The Morgan fingerprint density at radius 2 is 1.88 bits per heavy atom. The van der Waals surface area contributed by atoms with Crippen LogP contribution in [0.2, 0.25) is 0 Å². The molecule has 0 atom stereocenters. The fourth-order valence-electron chi connectivity index (χ4n) is 3.67. The molecule has 0 N–H and O–H groups in total. The molecule has 0 fully saturated rings. The molecule has 2 heterocycles. The van der Waals surface area contributed by atoms with Crippen molar-refractivity contribution in [2.75, 3.05) is 6.61 Å². The van der Waals surface area contributed by atoms with E-state index in [-0.39, 0.29) is 0 Å². The molecule has 2 aromatic carbocycles. The summed E-state index contributed by atoms with van der Waals surface area (Å²) < 4.78 is 18.9. The Hall–Kier alpha value is -3.61. The van der Waals surface area contributed by atoms with E-state index < -0.39 is 5.63 Å². The predicted octanol–water partition coefficient (Wildman–Crippen LogP) is 5.25. The summed E-state index contributed by atoms with van der Waals surface area (Å²) in [4.78, 5) is 11.7. The van der Waals surface area contributed by atoms with Crippen LogP contribution in [0.4, 0.5) is 0 Å². The van der Waals surface area contributed by atoms with Crippen LogP contribution in [-0.4, -0.2) is 21.6 Å². The number of hydrogen-bond acceptors (Lipinski definition) is 6. The molecule has 0 saturated carbocycles. The molecule has 4 rings (SSSR count). The molecular formula is C26H29N3O4. The number of nitrogens with zero attached hydrogens (tertiary/aromatic N) is 3. The van der Waals surface area contributed by atoms with E-state index in [0.717, 1.165) is 36.2 Å². The number of unbranched alkanes of at least 4 members (excludes halogenated alkanes) is 1. The second-order valence-electron chi connectivity index (χ2n) is 8.44. The van der Waals surface area contributed by atoms with Gasteiger partial charge in [0.1, 0.15) is 29.4 Å². The summed E-state index contributed by atoms with van der Waals surface area (Å²) in [5, 5.41) is 9.23.